The van der Waals surface area contributed by atoms with Crippen molar-refractivity contribution in [3.05, 3.63) is 24.4 Å². The molecule has 2 saturated heterocycles. The Hall–Kier alpha value is -1.62. The van der Waals surface area contributed by atoms with Crippen LogP contribution in [0.5, 0.6) is 5.88 Å². The van der Waals surface area contributed by atoms with E-state index < -0.39 is 0 Å². The van der Waals surface area contributed by atoms with Gasteiger partial charge in [0.05, 0.1) is 6.54 Å². The molecule has 1 aromatic rings. The minimum absolute atomic E-state index is 0.0636. The van der Waals surface area contributed by atoms with Crippen LogP contribution in [0.1, 0.15) is 19.3 Å². The third-order valence-corrected chi connectivity index (χ3v) is 3.95. The summed E-state index contributed by atoms with van der Waals surface area (Å²) >= 11 is 0. The van der Waals surface area contributed by atoms with Crippen LogP contribution in [-0.2, 0) is 9.53 Å². The fraction of sp³-hybridized carbons (Fsp3) is 0.600. The molecule has 3 rings (SSSR count). The standard InChI is InChI=1S/C15H20N2O3/c18-15(12-5-9-19-10-6-12)17-8-4-13(11-17)20-14-3-1-2-7-16-14/h1-3,7,12-13H,4-6,8-11H2/t13-/m0/s1. The second-order valence-electron chi connectivity index (χ2n) is 5.37. The molecule has 2 aliphatic rings. The summed E-state index contributed by atoms with van der Waals surface area (Å²) in [6.45, 7) is 2.87. The summed E-state index contributed by atoms with van der Waals surface area (Å²) in [5.41, 5.74) is 0. The van der Waals surface area contributed by atoms with Gasteiger partial charge in [-0.3, -0.25) is 4.79 Å². The number of rotatable bonds is 3. The van der Waals surface area contributed by atoms with Gasteiger partial charge in [-0.05, 0) is 18.9 Å². The molecule has 0 saturated carbocycles. The molecule has 2 aliphatic heterocycles. The van der Waals surface area contributed by atoms with Crippen molar-refractivity contribution in [2.24, 2.45) is 5.92 Å². The van der Waals surface area contributed by atoms with Gasteiger partial charge in [0.15, 0.2) is 0 Å². The van der Waals surface area contributed by atoms with Crippen molar-refractivity contribution in [3.63, 3.8) is 0 Å². The number of pyridine rings is 1. The first-order valence-corrected chi connectivity index (χ1v) is 7.27. The number of ether oxygens (including phenoxy) is 2. The van der Waals surface area contributed by atoms with Crippen LogP contribution >= 0.6 is 0 Å². The van der Waals surface area contributed by atoms with Gasteiger partial charge in [0.2, 0.25) is 11.8 Å². The highest BCUT2D eigenvalue weighted by Crippen LogP contribution is 2.22. The number of hydrogen-bond acceptors (Lipinski definition) is 4. The van der Waals surface area contributed by atoms with Crippen molar-refractivity contribution >= 4 is 5.91 Å². The van der Waals surface area contributed by atoms with Gasteiger partial charge >= 0.3 is 0 Å². The maximum absolute atomic E-state index is 12.4. The average molecular weight is 276 g/mol. The molecular formula is C15H20N2O3. The first-order chi connectivity index (χ1) is 9.83. The van der Waals surface area contributed by atoms with Gasteiger partial charge in [-0.1, -0.05) is 6.07 Å². The zero-order valence-electron chi connectivity index (χ0n) is 11.5. The summed E-state index contributed by atoms with van der Waals surface area (Å²) in [4.78, 5) is 18.5. The molecule has 0 unspecified atom stereocenters. The number of hydrogen-bond donors (Lipinski definition) is 0. The normalized spacial score (nSPS) is 23.8. The molecule has 0 spiro atoms. The molecule has 5 heteroatoms. The zero-order chi connectivity index (χ0) is 13.8. The number of nitrogens with zero attached hydrogens (tertiary/aromatic N) is 2. The minimum Gasteiger partial charge on any atom is -0.472 e. The van der Waals surface area contributed by atoms with Crippen LogP contribution in [0, 0.1) is 5.92 Å². The quantitative estimate of drug-likeness (QED) is 0.839. The Morgan fingerprint density at radius 2 is 2.15 bits per heavy atom. The molecule has 1 amide bonds. The van der Waals surface area contributed by atoms with E-state index in [9.17, 15) is 4.79 Å². The van der Waals surface area contributed by atoms with Crippen molar-refractivity contribution in [3.8, 4) is 5.88 Å². The van der Waals surface area contributed by atoms with E-state index in [4.69, 9.17) is 9.47 Å². The Morgan fingerprint density at radius 1 is 1.30 bits per heavy atom. The maximum atomic E-state index is 12.4. The van der Waals surface area contributed by atoms with Crippen LogP contribution in [0.2, 0.25) is 0 Å². The van der Waals surface area contributed by atoms with Crippen LogP contribution in [0.25, 0.3) is 0 Å². The van der Waals surface area contributed by atoms with E-state index in [-0.39, 0.29) is 17.9 Å². The second kappa shape index (κ2) is 6.22. The van der Waals surface area contributed by atoms with Crippen molar-refractivity contribution < 1.29 is 14.3 Å². The molecule has 1 atom stereocenters. The molecule has 5 nitrogen and oxygen atoms in total. The Bertz CT molecular complexity index is 446. The van der Waals surface area contributed by atoms with E-state index in [0.29, 0.717) is 25.6 Å². The average Bonchev–Trinajstić information content (AvgIpc) is 2.97. The second-order valence-corrected chi connectivity index (χ2v) is 5.37. The molecule has 0 aliphatic carbocycles. The predicted octanol–water partition coefficient (Wildman–Crippen LogP) is 1.49. The number of amides is 1. The molecule has 0 N–H and O–H groups in total. The Balaban J connectivity index is 1.52. The number of carbonyl (C=O) groups is 1. The molecule has 2 fully saturated rings. The van der Waals surface area contributed by atoms with Crippen LogP contribution in [0.3, 0.4) is 0 Å². The summed E-state index contributed by atoms with van der Waals surface area (Å²) in [6, 6.07) is 5.62. The van der Waals surface area contributed by atoms with E-state index in [1.54, 1.807) is 6.20 Å². The van der Waals surface area contributed by atoms with E-state index >= 15 is 0 Å². The van der Waals surface area contributed by atoms with Gasteiger partial charge in [-0.25, -0.2) is 4.98 Å². The largest absolute Gasteiger partial charge is 0.472 e. The van der Waals surface area contributed by atoms with Crippen LogP contribution < -0.4 is 4.74 Å². The fourth-order valence-corrected chi connectivity index (χ4v) is 2.81. The Morgan fingerprint density at radius 3 is 2.90 bits per heavy atom. The highest BCUT2D eigenvalue weighted by Gasteiger charge is 2.32. The lowest BCUT2D eigenvalue weighted by Gasteiger charge is -2.26. The van der Waals surface area contributed by atoms with Crippen molar-refractivity contribution in [1.82, 2.24) is 9.88 Å². The Labute approximate surface area is 118 Å². The van der Waals surface area contributed by atoms with Gasteiger partial charge in [0.1, 0.15) is 6.10 Å². The van der Waals surface area contributed by atoms with Crippen LogP contribution in [-0.4, -0.2) is 48.2 Å². The lowest BCUT2D eigenvalue weighted by Crippen LogP contribution is -2.38. The van der Waals surface area contributed by atoms with Crippen LogP contribution in [0.15, 0.2) is 24.4 Å². The predicted molar refractivity (Wildman–Crippen MR) is 73.4 cm³/mol. The summed E-state index contributed by atoms with van der Waals surface area (Å²) in [5.74, 6) is 1.04. The minimum atomic E-state index is 0.0636. The third kappa shape index (κ3) is 3.10. The molecule has 20 heavy (non-hydrogen) atoms. The molecule has 108 valence electrons. The first kappa shape index (κ1) is 13.4. The Kier molecular flexibility index (Phi) is 4.16. The van der Waals surface area contributed by atoms with Gasteiger partial charge in [0.25, 0.3) is 0 Å². The third-order valence-electron chi connectivity index (χ3n) is 3.95. The summed E-state index contributed by atoms with van der Waals surface area (Å²) in [5, 5.41) is 0. The van der Waals surface area contributed by atoms with Gasteiger partial charge < -0.3 is 14.4 Å². The van der Waals surface area contributed by atoms with Gasteiger partial charge in [-0.15, -0.1) is 0 Å². The summed E-state index contributed by atoms with van der Waals surface area (Å²) < 4.78 is 11.1. The SMILES string of the molecule is O=C(C1CCOCC1)N1CC[C@H](Oc2ccccn2)C1. The smallest absolute Gasteiger partial charge is 0.225 e. The van der Waals surface area contributed by atoms with Crippen molar-refractivity contribution in [1.29, 1.82) is 0 Å². The highest BCUT2D eigenvalue weighted by molar-refractivity contribution is 5.79. The summed E-state index contributed by atoms with van der Waals surface area (Å²) in [6.07, 6.45) is 4.36. The van der Waals surface area contributed by atoms with E-state index in [0.717, 1.165) is 25.8 Å². The highest BCUT2D eigenvalue weighted by atomic mass is 16.5. The molecular weight excluding hydrogens is 256 g/mol. The maximum Gasteiger partial charge on any atom is 0.225 e. The lowest BCUT2D eigenvalue weighted by atomic mass is 9.99. The topological polar surface area (TPSA) is 51.7 Å². The molecule has 1 aromatic heterocycles. The van der Waals surface area contributed by atoms with Gasteiger partial charge in [-0.2, -0.15) is 0 Å². The van der Waals surface area contributed by atoms with Crippen molar-refractivity contribution in [2.45, 2.75) is 25.4 Å². The zero-order valence-corrected chi connectivity index (χ0v) is 11.5. The van der Waals surface area contributed by atoms with Gasteiger partial charge in [0, 0.05) is 44.4 Å². The van der Waals surface area contributed by atoms with E-state index in [2.05, 4.69) is 4.98 Å². The molecule has 0 radical (unpaired) electrons. The van der Waals surface area contributed by atoms with Crippen molar-refractivity contribution in [2.75, 3.05) is 26.3 Å². The fourth-order valence-electron chi connectivity index (χ4n) is 2.81. The monoisotopic (exact) mass is 276 g/mol. The summed E-state index contributed by atoms with van der Waals surface area (Å²) in [7, 11) is 0. The number of aromatic nitrogens is 1. The van der Waals surface area contributed by atoms with E-state index in [1.165, 1.54) is 0 Å². The molecule has 0 bridgehead atoms. The first-order valence-electron chi connectivity index (χ1n) is 7.27. The number of likely N-dealkylation sites (tertiary alicyclic amines) is 1. The number of carbonyl (C=O) groups excluding carboxylic acids is 1. The molecule has 0 aromatic carbocycles. The van der Waals surface area contributed by atoms with E-state index in [1.807, 2.05) is 23.1 Å². The lowest BCUT2D eigenvalue weighted by molar-refractivity contribution is -0.137. The van der Waals surface area contributed by atoms with Crippen LogP contribution in [0.4, 0.5) is 0 Å². The molecule has 3 heterocycles.